The van der Waals surface area contributed by atoms with E-state index in [0.717, 1.165) is 30.8 Å². The van der Waals surface area contributed by atoms with Crippen LogP contribution >= 0.6 is 0 Å². The molecule has 1 fully saturated rings. The fourth-order valence-electron chi connectivity index (χ4n) is 2.07. The molecule has 0 radical (unpaired) electrons. The molecule has 3 nitrogen and oxygen atoms in total. The highest BCUT2D eigenvalue weighted by molar-refractivity contribution is 5.48. The molecular weight excluding hydrogens is 210 g/mol. The first-order valence-electron chi connectivity index (χ1n) is 6.68. The molecule has 1 heterocycles. The molecule has 0 spiro atoms. The van der Waals surface area contributed by atoms with Gasteiger partial charge in [0.15, 0.2) is 0 Å². The van der Waals surface area contributed by atoms with Crippen LogP contribution in [0.4, 0.5) is 11.6 Å². The molecule has 2 rings (SSSR count). The Bertz CT molecular complexity index is 358. The van der Waals surface area contributed by atoms with Gasteiger partial charge in [-0.25, -0.2) is 4.98 Å². The molecule has 3 heteroatoms. The SMILES string of the molecule is CCNc1cccc(N(CC(C)C)C2CC2)n1. The summed E-state index contributed by atoms with van der Waals surface area (Å²) in [4.78, 5) is 7.16. The van der Waals surface area contributed by atoms with Gasteiger partial charge in [-0.1, -0.05) is 19.9 Å². The summed E-state index contributed by atoms with van der Waals surface area (Å²) in [5, 5.41) is 3.28. The Morgan fingerprint density at radius 2 is 2.18 bits per heavy atom. The zero-order valence-corrected chi connectivity index (χ0v) is 11.1. The van der Waals surface area contributed by atoms with Crippen LogP contribution < -0.4 is 10.2 Å². The third kappa shape index (κ3) is 3.35. The lowest BCUT2D eigenvalue weighted by Crippen LogP contribution is -2.30. The van der Waals surface area contributed by atoms with Gasteiger partial charge in [-0.05, 0) is 37.8 Å². The van der Waals surface area contributed by atoms with Crippen LogP contribution in [0.3, 0.4) is 0 Å². The topological polar surface area (TPSA) is 28.2 Å². The van der Waals surface area contributed by atoms with Crippen molar-refractivity contribution in [1.29, 1.82) is 0 Å². The molecule has 17 heavy (non-hydrogen) atoms. The van der Waals surface area contributed by atoms with E-state index in [9.17, 15) is 0 Å². The summed E-state index contributed by atoms with van der Waals surface area (Å²) < 4.78 is 0. The summed E-state index contributed by atoms with van der Waals surface area (Å²) >= 11 is 0. The number of nitrogens with zero attached hydrogens (tertiary/aromatic N) is 2. The van der Waals surface area contributed by atoms with Crippen LogP contribution in [0.25, 0.3) is 0 Å². The van der Waals surface area contributed by atoms with Gasteiger partial charge in [0.2, 0.25) is 0 Å². The van der Waals surface area contributed by atoms with Crippen molar-refractivity contribution in [1.82, 2.24) is 4.98 Å². The van der Waals surface area contributed by atoms with Crippen molar-refractivity contribution in [2.24, 2.45) is 5.92 Å². The Hall–Kier alpha value is -1.25. The van der Waals surface area contributed by atoms with Gasteiger partial charge in [0, 0.05) is 19.1 Å². The van der Waals surface area contributed by atoms with Crippen LogP contribution in [-0.4, -0.2) is 24.1 Å². The maximum Gasteiger partial charge on any atom is 0.131 e. The summed E-state index contributed by atoms with van der Waals surface area (Å²) in [7, 11) is 0. The van der Waals surface area contributed by atoms with Crippen molar-refractivity contribution >= 4 is 11.6 Å². The van der Waals surface area contributed by atoms with Crippen LogP contribution in [0.2, 0.25) is 0 Å². The van der Waals surface area contributed by atoms with E-state index in [1.165, 1.54) is 12.8 Å². The number of pyridine rings is 1. The highest BCUT2D eigenvalue weighted by Crippen LogP contribution is 2.31. The second kappa shape index (κ2) is 5.39. The summed E-state index contributed by atoms with van der Waals surface area (Å²) in [6, 6.07) is 6.98. The molecule has 0 aromatic carbocycles. The number of rotatable bonds is 6. The zero-order chi connectivity index (χ0) is 12.3. The Morgan fingerprint density at radius 3 is 2.76 bits per heavy atom. The third-order valence-corrected chi connectivity index (χ3v) is 2.94. The number of nitrogens with one attached hydrogen (secondary N) is 1. The van der Waals surface area contributed by atoms with Crippen LogP contribution in [0.1, 0.15) is 33.6 Å². The van der Waals surface area contributed by atoms with E-state index in [-0.39, 0.29) is 0 Å². The highest BCUT2D eigenvalue weighted by Gasteiger charge is 2.30. The summed E-state index contributed by atoms with van der Waals surface area (Å²) in [6.45, 7) is 8.66. The molecule has 1 aliphatic carbocycles. The smallest absolute Gasteiger partial charge is 0.131 e. The van der Waals surface area contributed by atoms with E-state index in [2.05, 4.69) is 43.1 Å². The van der Waals surface area contributed by atoms with E-state index in [1.54, 1.807) is 0 Å². The van der Waals surface area contributed by atoms with Crippen molar-refractivity contribution in [2.45, 2.75) is 39.7 Å². The summed E-state index contributed by atoms with van der Waals surface area (Å²) in [5.74, 6) is 2.79. The number of anilines is 2. The monoisotopic (exact) mass is 233 g/mol. The average molecular weight is 233 g/mol. The van der Waals surface area contributed by atoms with Gasteiger partial charge in [0.25, 0.3) is 0 Å². The van der Waals surface area contributed by atoms with E-state index in [4.69, 9.17) is 4.98 Å². The lowest BCUT2D eigenvalue weighted by Gasteiger charge is -2.25. The van der Waals surface area contributed by atoms with Gasteiger partial charge < -0.3 is 10.2 Å². The zero-order valence-electron chi connectivity index (χ0n) is 11.1. The molecule has 1 N–H and O–H groups in total. The van der Waals surface area contributed by atoms with Gasteiger partial charge in [-0.15, -0.1) is 0 Å². The molecule has 1 aromatic rings. The lowest BCUT2D eigenvalue weighted by atomic mass is 10.2. The molecule has 0 bridgehead atoms. The minimum atomic E-state index is 0.681. The third-order valence-electron chi connectivity index (χ3n) is 2.94. The highest BCUT2D eigenvalue weighted by atomic mass is 15.2. The van der Waals surface area contributed by atoms with Crippen LogP contribution in [-0.2, 0) is 0 Å². The molecule has 0 atom stereocenters. The standard InChI is InChI=1S/C14H23N3/c1-4-15-13-6-5-7-14(16-13)17(10-11(2)3)12-8-9-12/h5-7,11-12H,4,8-10H2,1-3H3,(H,15,16). The van der Waals surface area contributed by atoms with Gasteiger partial charge >= 0.3 is 0 Å². The van der Waals surface area contributed by atoms with Crippen molar-refractivity contribution in [3.63, 3.8) is 0 Å². The van der Waals surface area contributed by atoms with Gasteiger partial charge in [0.05, 0.1) is 0 Å². The molecule has 0 unspecified atom stereocenters. The van der Waals surface area contributed by atoms with E-state index < -0.39 is 0 Å². The van der Waals surface area contributed by atoms with Crippen LogP contribution in [0.5, 0.6) is 0 Å². The quantitative estimate of drug-likeness (QED) is 0.818. The Kier molecular flexibility index (Phi) is 3.87. The maximum atomic E-state index is 4.69. The largest absolute Gasteiger partial charge is 0.370 e. The molecule has 0 aliphatic heterocycles. The van der Waals surface area contributed by atoms with Gasteiger partial charge in [-0.2, -0.15) is 0 Å². The Balaban J connectivity index is 2.13. The first-order chi connectivity index (χ1) is 8.20. The van der Waals surface area contributed by atoms with Crippen molar-refractivity contribution in [3.8, 4) is 0 Å². The van der Waals surface area contributed by atoms with Crippen molar-refractivity contribution in [3.05, 3.63) is 18.2 Å². The van der Waals surface area contributed by atoms with E-state index in [1.807, 2.05) is 6.07 Å². The molecule has 0 saturated heterocycles. The second-order valence-electron chi connectivity index (χ2n) is 5.19. The average Bonchev–Trinajstić information content (AvgIpc) is 3.10. The molecule has 94 valence electrons. The van der Waals surface area contributed by atoms with Crippen LogP contribution in [0, 0.1) is 5.92 Å². The van der Waals surface area contributed by atoms with Gasteiger partial charge in [-0.3, -0.25) is 0 Å². The van der Waals surface area contributed by atoms with Crippen LogP contribution in [0.15, 0.2) is 18.2 Å². The fraction of sp³-hybridized carbons (Fsp3) is 0.643. The lowest BCUT2D eigenvalue weighted by molar-refractivity contribution is 0.603. The molecule has 0 amide bonds. The molecular formula is C14H23N3. The summed E-state index contributed by atoms with van der Waals surface area (Å²) in [5.41, 5.74) is 0. The molecule has 1 saturated carbocycles. The Labute approximate surface area is 104 Å². The fourth-order valence-corrected chi connectivity index (χ4v) is 2.07. The minimum absolute atomic E-state index is 0.681. The number of hydrogen-bond acceptors (Lipinski definition) is 3. The van der Waals surface area contributed by atoms with E-state index in [0.29, 0.717) is 5.92 Å². The second-order valence-corrected chi connectivity index (χ2v) is 5.19. The first kappa shape index (κ1) is 12.2. The summed E-state index contributed by atoms with van der Waals surface area (Å²) in [6.07, 6.45) is 2.64. The van der Waals surface area contributed by atoms with Crippen molar-refractivity contribution in [2.75, 3.05) is 23.3 Å². The number of hydrogen-bond donors (Lipinski definition) is 1. The van der Waals surface area contributed by atoms with Crippen molar-refractivity contribution < 1.29 is 0 Å². The van der Waals surface area contributed by atoms with E-state index >= 15 is 0 Å². The normalized spacial score (nSPS) is 15.1. The minimum Gasteiger partial charge on any atom is -0.370 e. The first-order valence-corrected chi connectivity index (χ1v) is 6.68. The predicted molar refractivity (Wildman–Crippen MR) is 73.6 cm³/mol. The van der Waals surface area contributed by atoms with Gasteiger partial charge in [0.1, 0.15) is 11.6 Å². The molecule has 1 aromatic heterocycles. The molecule has 1 aliphatic rings. The maximum absolute atomic E-state index is 4.69. The Morgan fingerprint density at radius 1 is 1.41 bits per heavy atom. The predicted octanol–water partition coefficient (Wildman–Crippen LogP) is 3.14. The number of aromatic nitrogens is 1.